The minimum atomic E-state index is -0.0556. The first kappa shape index (κ1) is 11.1. The van der Waals surface area contributed by atoms with Crippen LogP contribution < -0.4 is 0 Å². The molecule has 2 heteroatoms. The van der Waals surface area contributed by atoms with Crippen LogP contribution in [0.5, 0.6) is 0 Å². The van der Waals surface area contributed by atoms with Gasteiger partial charge in [-0.25, -0.2) is 0 Å². The maximum atomic E-state index is 10.3. The van der Waals surface area contributed by atoms with Gasteiger partial charge in [-0.15, -0.1) is 0 Å². The zero-order chi connectivity index (χ0) is 7.86. The summed E-state index contributed by atoms with van der Waals surface area (Å²) < 4.78 is 0. The zero-order valence-corrected chi connectivity index (χ0v) is 6.64. The van der Waals surface area contributed by atoms with E-state index in [9.17, 15) is 4.79 Å². The number of rotatable bonds is 1. The molecule has 0 aromatic carbocycles. The number of hydrogen-bond donors (Lipinski definition) is 0. The highest BCUT2D eigenvalue weighted by atomic mass is 16.2. The predicted octanol–water partition coefficient (Wildman–Crippen LogP) is 1.29. The van der Waals surface area contributed by atoms with Crippen molar-refractivity contribution in [3.05, 3.63) is 12.7 Å². The molecule has 0 heterocycles. The molecule has 0 atom stereocenters. The van der Waals surface area contributed by atoms with Gasteiger partial charge in [-0.2, -0.15) is 0 Å². The summed E-state index contributed by atoms with van der Waals surface area (Å²) in [6.07, 6.45) is 1.28. The molecule has 0 aliphatic carbocycles. The molecule has 0 saturated carbocycles. The molecular formula is C7H15NO. The Labute approximate surface area is 57.2 Å². The molecule has 0 saturated heterocycles. The Kier molecular flexibility index (Phi) is 8.87. The zero-order valence-electron chi connectivity index (χ0n) is 6.64. The normalized spacial score (nSPS) is 6.67. The van der Waals surface area contributed by atoms with Gasteiger partial charge in [0, 0.05) is 14.1 Å². The Morgan fingerprint density at radius 1 is 1.44 bits per heavy atom. The number of carbonyl (C=O) groups is 1. The molecule has 2 nitrogen and oxygen atoms in total. The average Bonchev–Trinajstić information content (AvgIpc) is 1.91. The Balaban J connectivity index is 0. The average molecular weight is 129 g/mol. The van der Waals surface area contributed by atoms with Crippen molar-refractivity contribution in [2.45, 2.75) is 13.8 Å². The van der Waals surface area contributed by atoms with Crippen LogP contribution in [0.15, 0.2) is 12.7 Å². The van der Waals surface area contributed by atoms with Crippen molar-refractivity contribution in [1.29, 1.82) is 0 Å². The van der Waals surface area contributed by atoms with Gasteiger partial charge < -0.3 is 4.90 Å². The fraction of sp³-hybridized carbons (Fsp3) is 0.571. The van der Waals surface area contributed by atoms with E-state index >= 15 is 0 Å². The van der Waals surface area contributed by atoms with Gasteiger partial charge >= 0.3 is 0 Å². The second kappa shape index (κ2) is 7.21. The summed E-state index contributed by atoms with van der Waals surface area (Å²) in [6, 6.07) is 0. The third-order valence-corrected chi connectivity index (χ3v) is 0.615. The summed E-state index contributed by atoms with van der Waals surface area (Å²) in [4.78, 5) is 11.8. The molecule has 0 N–H and O–H groups in total. The second-order valence-corrected chi connectivity index (χ2v) is 1.44. The van der Waals surface area contributed by atoms with E-state index in [4.69, 9.17) is 0 Å². The first-order valence-electron chi connectivity index (χ1n) is 3.02. The minimum absolute atomic E-state index is 0.0556. The van der Waals surface area contributed by atoms with Crippen LogP contribution in [0.4, 0.5) is 0 Å². The third-order valence-electron chi connectivity index (χ3n) is 0.615. The summed E-state index contributed by atoms with van der Waals surface area (Å²) in [5.41, 5.74) is 0. The van der Waals surface area contributed by atoms with Crippen molar-refractivity contribution >= 4 is 5.91 Å². The van der Waals surface area contributed by atoms with Crippen LogP contribution in [0.2, 0.25) is 0 Å². The van der Waals surface area contributed by atoms with E-state index in [1.165, 1.54) is 11.0 Å². The van der Waals surface area contributed by atoms with Gasteiger partial charge in [0.2, 0.25) is 5.91 Å². The van der Waals surface area contributed by atoms with Gasteiger partial charge in [0.25, 0.3) is 0 Å². The monoisotopic (exact) mass is 129 g/mol. The first-order chi connectivity index (χ1) is 4.18. The van der Waals surface area contributed by atoms with E-state index in [0.717, 1.165) is 0 Å². The highest BCUT2D eigenvalue weighted by molar-refractivity contribution is 5.86. The van der Waals surface area contributed by atoms with Gasteiger partial charge in [-0.3, -0.25) is 4.79 Å². The summed E-state index contributed by atoms with van der Waals surface area (Å²) >= 11 is 0. The lowest BCUT2D eigenvalue weighted by atomic mass is 10.5. The second-order valence-electron chi connectivity index (χ2n) is 1.44. The van der Waals surface area contributed by atoms with Crippen molar-refractivity contribution in [3.8, 4) is 0 Å². The van der Waals surface area contributed by atoms with Crippen molar-refractivity contribution in [3.63, 3.8) is 0 Å². The predicted molar refractivity (Wildman–Crippen MR) is 40.2 cm³/mol. The smallest absolute Gasteiger partial charge is 0.245 e. The standard InChI is InChI=1S/C5H9NO.C2H6/c1-4-5(7)6(2)3;1-2/h4H,1H2,2-3H3;1-2H3. The van der Waals surface area contributed by atoms with E-state index < -0.39 is 0 Å². The summed E-state index contributed by atoms with van der Waals surface area (Å²) in [7, 11) is 3.37. The van der Waals surface area contributed by atoms with Crippen LogP contribution in [0.25, 0.3) is 0 Å². The number of hydrogen-bond acceptors (Lipinski definition) is 1. The number of likely N-dealkylation sites (N-methyl/N-ethyl adjacent to an activating group) is 1. The molecule has 0 aliphatic rings. The largest absolute Gasteiger partial charge is 0.345 e. The van der Waals surface area contributed by atoms with Crippen LogP contribution in [0.3, 0.4) is 0 Å². The van der Waals surface area contributed by atoms with Crippen molar-refractivity contribution < 1.29 is 4.79 Å². The Bertz CT molecular complexity index is 86.9. The molecule has 0 aromatic heterocycles. The lowest BCUT2D eigenvalue weighted by molar-refractivity contribution is -0.123. The third kappa shape index (κ3) is 7.21. The SMILES string of the molecule is C=CC(=O)N(C)C.CC. The van der Waals surface area contributed by atoms with Crippen molar-refractivity contribution in [2.75, 3.05) is 14.1 Å². The number of amides is 1. The fourth-order valence-electron chi connectivity index (χ4n) is 0.183. The molecule has 0 spiro atoms. The van der Waals surface area contributed by atoms with Gasteiger partial charge in [0.05, 0.1) is 0 Å². The maximum absolute atomic E-state index is 10.3. The molecule has 0 unspecified atom stereocenters. The van der Waals surface area contributed by atoms with Gasteiger partial charge in [0.1, 0.15) is 0 Å². The van der Waals surface area contributed by atoms with E-state index in [0.29, 0.717) is 0 Å². The maximum Gasteiger partial charge on any atom is 0.245 e. The van der Waals surface area contributed by atoms with E-state index in [1.54, 1.807) is 14.1 Å². The Morgan fingerprint density at radius 3 is 1.78 bits per heavy atom. The molecule has 0 rings (SSSR count). The Hall–Kier alpha value is -0.790. The van der Waals surface area contributed by atoms with Gasteiger partial charge in [-0.1, -0.05) is 20.4 Å². The lowest BCUT2D eigenvalue weighted by Crippen LogP contribution is -2.18. The minimum Gasteiger partial charge on any atom is -0.345 e. The van der Waals surface area contributed by atoms with Crippen LogP contribution in [-0.4, -0.2) is 24.9 Å². The van der Waals surface area contributed by atoms with Gasteiger partial charge in [-0.05, 0) is 6.08 Å². The summed E-state index contributed by atoms with van der Waals surface area (Å²) in [5, 5.41) is 0. The fourth-order valence-corrected chi connectivity index (χ4v) is 0.183. The molecular weight excluding hydrogens is 114 g/mol. The van der Waals surface area contributed by atoms with Crippen molar-refractivity contribution in [1.82, 2.24) is 4.90 Å². The molecule has 0 aliphatic heterocycles. The van der Waals surface area contributed by atoms with Crippen LogP contribution in [0.1, 0.15) is 13.8 Å². The van der Waals surface area contributed by atoms with Crippen LogP contribution in [0, 0.1) is 0 Å². The molecule has 54 valence electrons. The molecule has 9 heavy (non-hydrogen) atoms. The van der Waals surface area contributed by atoms with Crippen molar-refractivity contribution in [2.24, 2.45) is 0 Å². The lowest BCUT2D eigenvalue weighted by Gasteiger charge is -2.03. The molecule has 0 bridgehead atoms. The van der Waals surface area contributed by atoms with Crippen LogP contribution >= 0.6 is 0 Å². The topological polar surface area (TPSA) is 20.3 Å². The molecule has 0 radical (unpaired) electrons. The summed E-state index contributed by atoms with van der Waals surface area (Å²) in [6.45, 7) is 7.29. The van der Waals surface area contributed by atoms with Crippen LogP contribution in [-0.2, 0) is 4.79 Å². The highest BCUT2D eigenvalue weighted by Gasteiger charge is 1.91. The molecule has 0 fully saturated rings. The van der Waals surface area contributed by atoms with E-state index in [2.05, 4.69) is 6.58 Å². The summed E-state index contributed by atoms with van der Waals surface area (Å²) in [5.74, 6) is -0.0556. The Morgan fingerprint density at radius 2 is 1.78 bits per heavy atom. The number of nitrogens with zero attached hydrogens (tertiary/aromatic N) is 1. The highest BCUT2D eigenvalue weighted by Crippen LogP contribution is 1.74. The van der Waals surface area contributed by atoms with E-state index in [-0.39, 0.29) is 5.91 Å². The van der Waals surface area contributed by atoms with E-state index in [1.807, 2.05) is 13.8 Å². The molecule has 1 amide bonds. The quantitative estimate of drug-likeness (QED) is 0.488. The first-order valence-corrected chi connectivity index (χ1v) is 3.02. The molecule has 0 aromatic rings. The number of carbonyl (C=O) groups excluding carboxylic acids is 1. The van der Waals surface area contributed by atoms with Gasteiger partial charge in [0.15, 0.2) is 0 Å².